The molecule has 1 heterocycles. The van der Waals surface area contributed by atoms with E-state index in [4.69, 9.17) is 0 Å². The van der Waals surface area contributed by atoms with E-state index in [1.807, 2.05) is 11.9 Å². The van der Waals surface area contributed by atoms with E-state index >= 15 is 0 Å². The summed E-state index contributed by atoms with van der Waals surface area (Å²) in [5.74, 6) is 0.258. The van der Waals surface area contributed by atoms with Gasteiger partial charge in [0.15, 0.2) is 0 Å². The number of rotatable bonds is 3. The molecule has 0 bridgehead atoms. The third kappa shape index (κ3) is 4.94. The lowest BCUT2D eigenvalue weighted by Gasteiger charge is -2.31. The quantitative estimate of drug-likeness (QED) is 0.758. The van der Waals surface area contributed by atoms with Crippen LogP contribution >= 0.6 is 0 Å². The van der Waals surface area contributed by atoms with Gasteiger partial charge in [0.2, 0.25) is 5.91 Å². The first-order chi connectivity index (χ1) is 7.38. The fourth-order valence-electron chi connectivity index (χ4n) is 2.11. The first kappa shape index (κ1) is 13.5. The van der Waals surface area contributed by atoms with Gasteiger partial charge in [0.25, 0.3) is 0 Å². The molecular formula is C12H25N3O. The largest absolute Gasteiger partial charge is 0.339 e. The lowest BCUT2D eigenvalue weighted by atomic mass is 9.96. The molecule has 94 valence electrons. The van der Waals surface area contributed by atoms with Crippen LogP contribution in [0.5, 0.6) is 0 Å². The zero-order chi connectivity index (χ0) is 12.2. The van der Waals surface area contributed by atoms with Gasteiger partial charge in [-0.15, -0.1) is 0 Å². The van der Waals surface area contributed by atoms with Gasteiger partial charge in [0.1, 0.15) is 0 Å². The molecule has 1 aliphatic heterocycles. The Balaban J connectivity index is 2.32. The highest BCUT2D eigenvalue weighted by Gasteiger charge is 2.20. The second-order valence-corrected chi connectivity index (χ2v) is 5.86. The van der Waals surface area contributed by atoms with Crippen LogP contribution in [-0.4, -0.2) is 62.0 Å². The second-order valence-electron chi connectivity index (χ2n) is 5.86. The molecule has 16 heavy (non-hydrogen) atoms. The molecular weight excluding hydrogens is 202 g/mol. The predicted molar refractivity (Wildman–Crippen MR) is 66.4 cm³/mol. The van der Waals surface area contributed by atoms with Crippen LogP contribution in [0.25, 0.3) is 0 Å². The van der Waals surface area contributed by atoms with Crippen LogP contribution < -0.4 is 5.32 Å². The standard InChI is InChI=1S/C12H25N3O/c1-12(2,3)10-14(4)9-11(16)15-7-5-13-6-8-15/h13H,5-10H2,1-4H3. The van der Waals surface area contributed by atoms with E-state index in [0.717, 1.165) is 32.7 Å². The Labute approximate surface area is 99.0 Å². The SMILES string of the molecule is CN(CC(=O)N1CCNCC1)CC(C)(C)C. The molecule has 1 aliphatic rings. The fraction of sp³-hybridized carbons (Fsp3) is 0.917. The molecule has 1 fully saturated rings. The van der Waals surface area contributed by atoms with Crippen molar-refractivity contribution in [2.24, 2.45) is 5.41 Å². The van der Waals surface area contributed by atoms with E-state index in [-0.39, 0.29) is 11.3 Å². The lowest BCUT2D eigenvalue weighted by molar-refractivity contribution is -0.132. The summed E-state index contributed by atoms with van der Waals surface area (Å²) in [7, 11) is 2.02. The lowest BCUT2D eigenvalue weighted by Crippen LogP contribution is -2.49. The average Bonchev–Trinajstić information content (AvgIpc) is 2.16. The van der Waals surface area contributed by atoms with E-state index in [9.17, 15) is 4.79 Å². The molecule has 0 aromatic carbocycles. The number of nitrogens with one attached hydrogen (secondary N) is 1. The minimum Gasteiger partial charge on any atom is -0.339 e. The van der Waals surface area contributed by atoms with E-state index in [2.05, 4.69) is 31.0 Å². The number of hydrogen-bond donors (Lipinski definition) is 1. The number of likely N-dealkylation sites (N-methyl/N-ethyl adjacent to an activating group) is 1. The molecule has 0 aromatic heterocycles. The van der Waals surface area contributed by atoms with Crippen LogP contribution in [0.4, 0.5) is 0 Å². The molecule has 0 atom stereocenters. The summed E-state index contributed by atoms with van der Waals surface area (Å²) in [5, 5.41) is 3.25. The Hall–Kier alpha value is -0.610. The van der Waals surface area contributed by atoms with Crippen molar-refractivity contribution in [1.82, 2.24) is 15.1 Å². The van der Waals surface area contributed by atoms with Crippen LogP contribution in [0.3, 0.4) is 0 Å². The van der Waals surface area contributed by atoms with Gasteiger partial charge in [-0.3, -0.25) is 9.69 Å². The van der Waals surface area contributed by atoms with Gasteiger partial charge in [-0.1, -0.05) is 20.8 Å². The van der Waals surface area contributed by atoms with E-state index < -0.39 is 0 Å². The highest BCUT2D eigenvalue weighted by Crippen LogP contribution is 2.13. The number of nitrogens with zero attached hydrogens (tertiary/aromatic N) is 2. The topological polar surface area (TPSA) is 35.6 Å². The molecule has 1 N–H and O–H groups in total. The molecule has 0 saturated carbocycles. The van der Waals surface area contributed by atoms with Gasteiger partial charge in [0, 0.05) is 32.7 Å². The molecule has 0 unspecified atom stereocenters. The Morgan fingerprint density at radius 2 is 1.88 bits per heavy atom. The number of amides is 1. The first-order valence-corrected chi connectivity index (χ1v) is 6.05. The Kier molecular flexibility index (Phi) is 4.74. The molecule has 0 radical (unpaired) electrons. The van der Waals surface area contributed by atoms with Crippen molar-refractivity contribution in [3.8, 4) is 0 Å². The minimum atomic E-state index is 0.248. The highest BCUT2D eigenvalue weighted by molar-refractivity contribution is 5.78. The normalized spacial score (nSPS) is 17.9. The Bertz CT molecular complexity index is 229. The third-order valence-electron chi connectivity index (χ3n) is 2.62. The molecule has 0 spiro atoms. The van der Waals surface area contributed by atoms with Crippen molar-refractivity contribution in [1.29, 1.82) is 0 Å². The van der Waals surface area contributed by atoms with Gasteiger partial charge < -0.3 is 10.2 Å². The van der Waals surface area contributed by atoms with Crippen LogP contribution in [0.1, 0.15) is 20.8 Å². The third-order valence-corrected chi connectivity index (χ3v) is 2.62. The molecule has 1 saturated heterocycles. The molecule has 0 aromatic rings. The van der Waals surface area contributed by atoms with Crippen molar-refractivity contribution in [3.63, 3.8) is 0 Å². The maximum atomic E-state index is 12.0. The summed E-state index contributed by atoms with van der Waals surface area (Å²) in [5.41, 5.74) is 0.248. The van der Waals surface area contributed by atoms with E-state index in [0.29, 0.717) is 6.54 Å². The van der Waals surface area contributed by atoms with Gasteiger partial charge in [-0.25, -0.2) is 0 Å². The number of piperazine rings is 1. The van der Waals surface area contributed by atoms with Crippen molar-refractivity contribution >= 4 is 5.91 Å². The van der Waals surface area contributed by atoms with Crippen LogP contribution in [-0.2, 0) is 4.79 Å². The van der Waals surface area contributed by atoms with E-state index in [1.54, 1.807) is 0 Å². The smallest absolute Gasteiger partial charge is 0.236 e. The van der Waals surface area contributed by atoms with Crippen LogP contribution in [0, 0.1) is 5.41 Å². The zero-order valence-electron chi connectivity index (χ0n) is 11.0. The zero-order valence-corrected chi connectivity index (χ0v) is 11.0. The van der Waals surface area contributed by atoms with Gasteiger partial charge in [-0.2, -0.15) is 0 Å². The highest BCUT2D eigenvalue weighted by atomic mass is 16.2. The van der Waals surface area contributed by atoms with E-state index in [1.165, 1.54) is 0 Å². The molecule has 1 rings (SSSR count). The first-order valence-electron chi connectivity index (χ1n) is 6.05. The maximum Gasteiger partial charge on any atom is 0.236 e. The second kappa shape index (κ2) is 5.64. The summed E-state index contributed by atoms with van der Waals surface area (Å²) in [4.78, 5) is 16.0. The Morgan fingerprint density at radius 1 is 1.31 bits per heavy atom. The van der Waals surface area contributed by atoms with Crippen molar-refractivity contribution in [2.75, 3.05) is 46.3 Å². The summed E-state index contributed by atoms with van der Waals surface area (Å²) in [6.07, 6.45) is 0. The Morgan fingerprint density at radius 3 is 2.38 bits per heavy atom. The monoisotopic (exact) mass is 227 g/mol. The number of carbonyl (C=O) groups is 1. The minimum absolute atomic E-state index is 0.248. The summed E-state index contributed by atoms with van der Waals surface area (Å²) in [6.45, 7) is 11.6. The molecule has 4 nitrogen and oxygen atoms in total. The number of hydrogen-bond acceptors (Lipinski definition) is 3. The van der Waals surface area contributed by atoms with Crippen molar-refractivity contribution < 1.29 is 4.79 Å². The van der Waals surface area contributed by atoms with Crippen molar-refractivity contribution in [2.45, 2.75) is 20.8 Å². The van der Waals surface area contributed by atoms with Crippen molar-refractivity contribution in [3.05, 3.63) is 0 Å². The maximum absolute atomic E-state index is 12.0. The van der Waals surface area contributed by atoms with Gasteiger partial charge >= 0.3 is 0 Å². The van der Waals surface area contributed by atoms with Gasteiger partial charge in [-0.05, 0) is 12.5 Å². The summed E-state index contributed by atoms with van der Waals surface area (Å²) >= 11 is 0. The number of carbonyl (C=O) groups excluding carboxylic acids is 1. The predicted octanol–water partition coefficient (Wildman–Crippen LogP) is 0.396. The molecule has 0 aliphatic carbocycles. The molecule has 1 amide bonds. The summed E-state index contributed by atoms with van der Waals surface area (Å²) in [6, 6.07) is 0. The average molecular weight is 227 g/mol. The fourth-order valence-corrected chi connectivity index (χ4v) is 2.11. The molecule has 4 heteroatoms. The summed E-state index contributed by atoms with van der Waals surface area (Å²) < 4.78 is 0. The van der Waals surface area contributed by atoms with Gasteiger partial charge in [0.05, 0.1) is 6.54 Å². The van der Waals surface area contributed by atoms with Crippen LogP contribution in [0.15, 0.2) is 0 Å². The van der Waals surface area contributed by atoms with Crippen LogP contribution in [0.2, 0.25) is 0 Å².